The van der Waals surface area contributed by atoms with Gasteiger partial charge in [0.05, 0.1) is 6.10 Å². The number of aliphatic hydroxyl groups excluding tert-OH is 2. The molecule has 2 N–H and O–H groups in total. The van der Waals surface area contributed by atoms with Crippen molar-refractivity contribution in [3.05, 3.63) is 0 Å². The molecule has 0 spiro atoms. The zero-order valence-electron chi connectivity index (χ0n) is 10.6. The highest BCUT2D eigenvalue weighted by atomic mass is 16.3. The summed E-state index contributed by atoms with van der Waals surface area (Å²) in [7, 11) is 0. The monoisotopic (exact) mass is 229 g/mol. The molecule has 96 valence electrons. The molecule has 0 saturated carbocycles. The van der Waals surface area contributed by atoms with Gasteiger partial charge < -0.3 is 15.1 Å². The molecule has 16 heavy (non-hydrogen) atoms. The highest BCUT2D eigenvalue weighted by Crippen LogP contribution is 2.20. The molecule has 2 unspecified atom stereocenters. The molecule has 1 heterocycles. The van der Waals surface area contributed by atoms with Crippen LogP contribution in [0.4, 0.5) is 0 Å². The number of rotatable bonds is 6. The summed E-state index contributed by atoms with van der Waals surface area (Å²) in [6.07, 6.45) is 7.83. The Morgan fingerprint density at radius 3 is 2.75 bits per heavy atom. The van der Waals surface area contributed by atoms with Crippen molar-refractivity contribution < 1.29 is 10.2 Å². The summed E-state index contributed by atoms with van der Waals surface area (Å²) in [5.41, 5.74) is 0. The van der Waals surface area contributed by atoms with Crippen molar-refractivity contribution in [1.29, 1.82) is 0 Å². The number of hydrogen-bond donors (Lipinski definition) is 2. The van der Waals surface area contributed by atoms with E-state index in [0.29, 0.717) is 12.6 Å². The van der Waals surface area contributed by atoms with Crippen molar-refractivity contribution in [2.75, 3.05) is 19.7 Å². The quantitative estimate of drug-likeness (QED) is 0.682. The number of nitrogens with zero attached hydrogens (tertiary/aromatic N) is 1. The molecule has 1 fully saturated rings. The second kappa shape index (κ2) is 8.04. The van der Waals surface area contributed by atoms with Crippen LogP contribution >= 0.6 is 0 Å². The van der Waals surface area contributed by atoms with Gasteiger partial charge in [-0.2, -0.15) is 0 Å². The van der Waals surface area contributed by atoms with E-state index in [1.54, 1.807) is 0 Å². The van der Waals surface area contributed by atoms with Gasteiger partial charge in [-0.1, -0.05) is 12.8 Å². The van der Waals surface area contributed by atoms with Gasteiger partial charge in [0.25, 0.3) is 0 Å². The predicted molar refractivity (Wildman–Crippen MR) is 66.4 cm³/mol. The minimum atomic E-state index is -0.191. The number of aliphatic hydroxyl groups is 2. The zero-order valence-corrected chi connectivity index (χ0v) is 10.6. The lowest BCUT2D eigenvalue weighted by molar-refractivity contribution is 0.110. The fourth-order valence-corrected chi connectivity index (χ4v) is 2.62. The van der Waals surface area contributed by atoms with E-state index in [1.165, 1.54) is 32.2 Å². The molecule has 0 bridgehead atoms. The van der Waals surface area contributed by atoms with Crippen LogP contribution in [0.1, 0.15) is 51.9 Å². The highest BCUT2D eigenvalue weighted by Gasteiger charge is 2.21. The van der Waals surface area contributed by atoms with E-state index in [4.69, 9.17) is 5.11 Å². The molecule has 1 rings (SSSR count). The van der Waals surface area contributed by atoms with Gasteiger partial charge in [-0.15, -0.1) is 0 Å². The minimum Gasteiger partial charge on any atom is -0.396 e. The first-order valence-electron chi connectivity index (χ1n) is 6.77. The molecule has 0 aromatic rings. The fraction of sp³-hybridized carbons (Fsp3) is 1.00. The zero-order chi connectivity index (χ0) is 11.8. The van der Waals surface area contributed by atoms with Crippen LogP contribution < -0.4 is 0 Å². The van der Waals surface area contributed by atoms with Crippen molar-refractivity contribution in [3.63, 3.8) is 0 Å². The third-order valence-electron chi connectivity index (χ3n) is 3.47. The predicted octanol–water partition coefficient (Wildman–Crippen LogP) is 1.77. The first kappa shape index (κ1) is 13.9. The molecule has 3 heteroatoms. The highest BCUT2D eigenvalue weighted by molar-refractivity contribution is 4.77. The van der Waals surface area contributed by atoms with Crippen molar-refractivity contribution in [2.45, 2.75) is 64.0 Å². The summed E-state index contributed by atoms with van der Waals surface area (Å²) < 4.78 is 0. The average molecular weight is 229 g/mol. The van der Waals surface area contributed by atoms with Crippen LogP contribution in [0.3, 0.4) is 0 Å². The van der Waals surface area contributed by atoms with Crippen LogP contribution in [0.25, 0.3) is 0 Å². The van der Waals surface area contributed by atoms with E-state index in [1.807, 2.05) is 6.92 Å². The van der Waals surface area contributed by atoms with Gasteiger partial charge in [-0.05, 0) is 52.1 Å². The van der Waals surface area contributed by atoms with Crippen LogP contribution in [0, 0.1) is 0 Å². The van der Waals surface area contributed by atoms with Gasteiger partial charge in [-0.25, -0.2) is 0 Å². The second-order valence-electron chi connectivity index (χ2n) is 5.05. The van der Waals surface area contributed by atoms with Gasteiger partial charge in [0.2, 0.25) is 0 Å². The van der Waals surface area contributed by atoms with Crippen molar-refractivity contribution in [3.8, 4) is 0 Å². The Hall–Kier alpha value is -0.120. The summed E-state index contributed by atoms with van der Waals surface area (Å²) in [6.45, 7) is 4.44. The van der Waals surface area contributed by atoms with E-state index in [-0.39, 0.29) is 6.10 Å². The summed E-state index contributed by atoms with van der Waals surface area (Å²) in [5, 5.41) is 18.3. The fourth-order valence-electron chi connectivity index (χ4n) is 2.62. The Morgan fingerprint density at radius 1 is 1.25 bits per heavy atom. The van der Waals surface area contributed by atoms with Crippen molar-refractivity contribution in [2.24, 2.45) is 0 Å². The van der Waals surface area contributed by atoms with E-state index in [9.17, 15) is 5.11 Å². The van der Waals surface area contributed by atoms with Gasteiger partial charge in [-0.3, -0.25) is 0 Å². The minimum absolute atomic E-state index is 0.191. The maximum absolute atomic E-state index is 9.52. The summed E-state index contributed by atoms with van der Waals surface area (Å²) in [6, 6.07) is 0.557. The topological polar surface area (TPSA) is 43.7 Å². The molecule has 0 aliphatic carbocycles. The molecule has 0 radical (unpaired) electrons. The molecule has 3 nitrogen and oxygen atoms in total. The van der Waals surface area contributed by atoms with Crippen molar-refractivity contribution in [1.82, 2.24) is 4.90 Å². The number of unbranched alkanes of at least 4 members (excludes halogenated alkanes) is 1. The molecular formula is C13H27NO2. The van der Waals surface area contributed by atoms with Crippen LogP contribution in [-0.2, 0) is 0 Å². The normalized spacial score (nSPS) is 25.3. The van der Waals surface area contributed by atoms with Crippen LogP contribution in [0.15, 0.2) is 0 Å². The van der Waals surface area contributed by atoms with Crippen LogP contribution in [-0.4, -0.2) is 47.0 Å². The maximum Gasteiger partial charge on any atom is 0.0527 e. The van der Waals surface area contributed by atoms with Crippen LogP contribution in [0.2, 0.25) is 0 Å². The number of hydrogen-bond acceptors (Lipinski definition) is 3. The van der Waals surface area contributed by atoms with Gasteiger partial charge >= 0.3 is 0 Å². The van der Waals surface area contributed by atoms with Gasteiger partial charge in [0.1, 0.15) is 0 Å². The van der Waals surface area contributed by atoms with Crippen molar-refractivity contribution >= 4 is 0 Å². The van der Waals surface area contributed by atoms with Crippen LogP contribution in [0.5, 0.6) is 0 Å². The third-order valence-corrected chi connectivity index (χ3v) is 3.47. The molecule has 0 aromatic carbocycles. The lowest BCUT2D eigenvalue weighted by Gasteiger charge is -2.30. The smallest absolute Gasteiger partial charge is 0.0527 e. The molecule has 1 aliphatic rings. The molecule has 1 aliphatic heterocycles. The maximum atomic E-state index is 9.52. The SMILES string of the molecule is CC(O)CC1CCCCCN1CCCCO. The Bertz CT molecular complexity index is 173. The third kappa shape index (κ3) is 5.28. The second-order valence-corrected chi connectivity index (χ2v) is 5.05. The van der Waals surface area contributed by atoms with Gasteiger partial charge in [0, 0.05) is 12.6 Å². The Labute approximate surface area is 99.5 Å². The summed E-state index contributed by atoms with van der Waals surface area (Å²) >= 11 is 0. The first-order chi connectivity index (χ1) is 7.74. The van der Waals surface area contributed by atoms with E-state index < -0.39 is 0 Å². The standard InChI is InChI=1S/C13H27NO2/c1-12(16)11-13-7-3-2-4-8-14(13)9-5-6-10-15/h12-13,15-16H,2-11H2,1H3. The molecule has 2 atom stereocenters. The van der Waals surface area contributed by atoms with E-state index in [2.05, 4.69) is 4.90 Å². The van der Waals surface area contributed by atoms with Gasteiger partial charge in [0.15, 0.2) is 0 Å². The Balaban J connectivity index is 2.38. The molecular weight excluding hydrogens is 202 g/mol. The summed E-state index contributed by atoms with van der Waals surface area (Å²) in [4.78, 5) is 2.52. The lowest BCUT2D eigenvalue weighted by Crippen LogP contribution is -2.37. The summed E-state index contributed by atoms with van der Waals surface area (Å²) in [5.74, 6) is 0. The Kier molecular flexibility index (Phi) is 7.01. The molecule has 1 saturated heterocycles. The average Bonchev–Trinajstić information content (AvgIpc) is 2.44. The largest absolute Gasteiger partial charge is 0.396 e. The molecule has 0 aromatic heterocycles. The van der Waals surface area contributed by atoms with E-state index >= 15 is 0 Å². The molecule has 0 amide bonds. The lowest BCUT2D eigenvalue weighted by atomic mass is 10.0. The van der Waals surface area contributed by atoms with E-state index in [0.717, 1.165) is 25.8 Å². The first-order valence-corrected chi connectivity index (χ1v) is 6.77. The number of likely N-dealkylation sites (tertiary alicyclic amines) is 1. The Morgan fingerprint density at radius 2 is 2.06 bits per heavy atom.